The lowest BCUT2D eigenvalue weighted by Crippen LogP contribution is -2.14. The van der Waals surface area contributed by atoms with E-state index in [2.05, 4.69) is 4.57 Å². The molecule has 0 fully saturated rings. The number of hydrogen-bond acceptors (Lipinski definition) is 3. The number of para-hydroxylation sites is 1. The Morgan fingerprint density at radius 2 is 1.92 bits per heavy atom. The SMILES string of the molecule is Cc1ccc(OCc2nc3c(C)cccc3n2CCC(C)C(=O)O)cc1. The molecule has 0 bridgehead atoms. The van der Waals surface area contributed by atoms with Gasteiger partial charge < -0.3 is 14.4 Å². The highest BCUT2D eigenvalue weighted by molar-refractivity contribution is 5.79. The number of carbonyl (C=O) groups is 1. The molecule has 0 amide bonds. The number of ether oxygens (including phenoxy) is 1. The van der Waals surface area contributed by atoms with E-state index in [4.69, 9.17) is 14.8 Å². The van der Waals surface area contributed by atoms with Gasteiger partial charge in [0, 0.05) is 6.54 Å². The molecule has 0 aliphatic rings. The smallest absolute Gasteiger partial charge is 0.306 e. The minimum Gasteiger partial charge on any atom is -0.486 e. The second-order valence-corrected chi connectivity index (χ2v) is 6.75. The summed E-state index contributed by atoms with van der Waals surface area (Å²) in [5.41, 5.74) is 4.25. The van der Waals surface area contributed by atoms with Crippen LogP contribution in [0.15, 0.2) is 42.5 Å². The summed E-state index contributed by atoms with van der Waals surface area (Å²) in [7, 11) is 0. The van der Waals surface area contributed by atoms with Gasteiger partial charge in [-0.3, -0.25) is 4.79 Å². The number of imidazole rings is 1. The molecule has 1 N–H and O–H groups in total. The van der Waals surface area contributed by atoms with E-state index in [-0.39, 0.29) is 0 Å². The lowest BCUT2D eigenvalue weighted by atomic mass is 10.1. The Morgan fingerprint density at radius 1 is 1.19 bits per heavy atom. The van der Waals surface area contributed by atoms with Gasteiger partial charge in [-0.1, -0.05) is 36.8 Å². The highest BCUT2D eigenvalue weighted by Gasteiger charge is 2.16. The maximum atomic E-state index is 11.2. The van der Waals surface area contributed by atoms with Crippen molar-refractivity contribution in [3.05, 3.63) is 59.4 Å². The molecule has 3 aromatic rings. The van der Waals surface area contributed by atoms with Crippen LogP contribution in [-0.4, -0.2) is 20.6 Å². The summed E-state index contributed by atoms with van der Waals surface area (Å²) >= 11 is 0. The summed E-state index contributed by atoms with van der Waals surface area (Å²) in [6.07, 6.45) is 0.548. The predicted octanol–water partition coefficient (Wildman–Crippen LogP) is 4.34. The van der Waals surface area contributed by atoms with Crippen LogP contribution in [-0.2, 0) is 17.9 Å². The largest absolute Gasteiger partial charge is 0.486 e. The summed E-state index contributed by atoms with van der Waals surface area (Å²) in [5.74, 6) is 0.434. The van der Waals surface area contributed by atoms with Gasteiger partial charge in [0.25, 0.3) is 0 Å². The predicted molar refractivity (Wildman–Crippen MR) is 101 cm³/mol. The van der Waals surface area contributed by atoms with Crippen molar-refractivity contribution < 1.29 is 14.6 Å². The Bertz CT molecular complexity index is 913. The van der Waals surface area contributed by atoms with E-state index < -0.39 is 11.9 Å². The third kappa shape index (κ3) is 3.87. The van der Waals surface area contributed by atoms with E-state index in [1.807, 2.05) is 56.3 Å². The molecular weight excluding hydrogens is 328 g/mol. The molecule has 2 aromatic carbocycles. The molecule has 5 nitrogen and oxygen atoms in total. The maximum Gasteiger partial charge on any atom is 0.306 e. The number of fused-ring (bicyclic) bond motifs is 1. The fourth-order valence-corrected chi connectivity index (χ4v) is 2.92. The first kappa shape index (κ1) is 18.0. The third-order valence-electron chi connectivity index (χ3n) is 4.66. The van der Waals surface area contributed by atoms with Crippen molar-refractivity contribution in [2.75, 3.05) is 0 Å². The van der Waals surface area contributed by atoms with Crippen LogP contribution in [0.4, 0.5) is 0 Å². The van der Waals surface area contributed by atoms with Crippen molar-refractivity contribution in [3.63, 3.8) is 0 Å². The van der Waals surface area contributed by atoms with Gasteiger partial charge in [0.1, 0.15) is 18.2 Å². The van der Waals surface area contributed by atoms with E-state index in [0.717, 1.165) is 28.2 Å². The van der Waals surface area contributed by atoms with Crippen LogP contribution in [0.2, 0.25) is 0 Å². The van der Waals surface area contributed by atoms with E-state index in [0.29, 0.717) is 19.6 Å². The second kappa shape index (κ2) is 7.60. The number of carboxylic acid groups (broad SMARTS) is 1. The Morgan fingerprint density at radius 3 is 2.62 bits per heavy atom. The second-order valence-electron chi connectivity index (χ2n) is 6.75. The first-order chi connectivity index (χ1) is 12.5. The monoisotopic (exact) mass is 352 g/mol. The van der Waals surface area contributed by atoms with E-state index in [1.54, 1.807) is 6.92 Å². The standard InChI is InChI=1S/C21H24N2O3/c1-14-7-9-17(10-8-14)26-13-19-22-20-15(2)5-4-6-18(20)23(19)12-11-16(3)21(24)25/h4-10,16H,11-13H2,1-3H3,(H,24,25). The lowest BCUT2D eigenvalue weighted by molar-refractivity contribution is -0.141. The van der Waals surface area contributed by atoms with E-state index in [1.165, 1.54) is 5.56 Å². The lowest BCUT2D eigenvalue weighted by Gasteiger charge is -2.12. The van der Waals surface area contributed by atoms with Gasteiger partial charge in [-0.15, -0.1) is 0 Å². The average Bonchev–Trinajstić information content (AvgIpc) is 2.98. The molecule has 5 heteroatoms. The number of aromatic nitrogens is 2. The summed E-state index contributed by atoms with van der Waals surface area (Å²) in [6, 6.07) is 14.0. The summed E-state index contributed by atoms with van der Waals surface area (Å²) < 4.78 is 7.99. The van der Waals surface area contributed by atoms with Crippen LogP contribution in [0.5, 0.6) is 5.75 Å². The molecule has 3 rings (SSSR count). The van der Waals surface area contributed by atoms with Crippen molar-refractivity contribution >= 4 is 17.0 Å². The van der Waals surface area contributed by atoms with Gasteiger partial charge in [0.2, 0.25) is 0 Å². The van der Waals surface area contributed by atoms with Crippen molar-refractivity contribution in [3.8, 4) is 5.75 Å². The normalized spacial score (nSPS) is 12.3. The zero-order valence-electron chi connectivity index (χ0n) is 15.4. The number of hydrogen-bond donors (Lipinski definition) is 1. The van der Waals surface area contributed by atoms with E-state index in [9.17, 15) is 4.79 Å². The summed E-state index contributed by atoms with van der Waals surface area (Å²) in [6.45, 7) is 6.74. The zero-order chi connectivity index (χ0) is 18.7. The molecule has 0 radical (unpaired) electrons. The first-order valence-electron chi connectivity index (χ1n) is 8.82. The molecule has 1 aromatic heterocycles. The molecular formula is C21H24N2O3. The van der Waals surface area contributed by atoms with Crippen LogP contribution in [0.1, 0.15) is 30.3 Å². The Hall–Kier alpha value is -2.82. The van der Waals surface area contributed by atoms with Crippen LogP contribution in [0.3, 0.4) is 0 Å². The molecule has 0 saturated carbocycles. The van der Waals surface area contributed by atoms with Gasteiger partial charge in [0.05, 0.1) is 17.0 Å². The van der Waals surface area contributed by atoms with Crippen molar-refractivity contribution in [1.82, 2.24) is 9.55 Å². The minimum atomic E-state index is -0.775. The molecule has 1 atom stereocenters. The van der Waals surface area contributed by atoms with Crippen molar-refractivity contribution in [2.24, 2.45) is 5.92 Å². The highest BCUT2D eigenvalue weighted by atomic mass is 16.5. The number of rotatable bonds is 7. The van der Waals surface area contributed by atoms with Crippen molar-refractivity contribution in [2.45, 2.75) is 40.3 Å². The van der Waals surface area contributed by atoms with Gasteiger partial charge in [-0.25, -0.2) is 4.98 Å². The number of benzene rings is 2. The molecule has 0 aliphatic heterocycles. The zero-order valence-corrected chi connectivity index (χ0v) is 15.4. The molecule has 136 valence electrons. The van der Waals surface area contributed by atoms with Crippen LogP contribution < -0.4 is 4.74 Å². The third-order valence-corrected chi connectivity index (χ3v) is 4.66. The minimum absolute atomic E-state index is 0.346. The van der Waals surface area contributed by atoms with Crippen molar-refractivity contribution in [1.29, 1.82) is 0 Å². The van der Waals surface area contributed by atoms with E-state index >= 15 is 0 Å². The van der Waals surface area contributed by atoms with Gasteiger partial charge in [-0.2, -0.15) is 0 Å². The van der Waals surface area contributed by atoms with Crippen LogP contribution >= 0.6 is 0 Å². The average molecular weight is 352 g/mol. The summed E-state index contributed by atoms with van der Waals surface area (Å²) in [4.78, 5) is 15.9. The first-order valence-corrected chi connectivity index (χ1v) is 8.82. The fraction of sp³-hybridized carbons (Fsp3) is 0.333. The molecule has 0 saturated heterocycles. The highest BCUT2D eigenvalue weighted by Crippen LogP contribution is 2.22. The number of nitrogens with zero attached hydrogens (tertiary/aromatic N) is 2. The number of aryl methyl sites for hydroxylation is 3. The van der Waals surface area contributed by atoms with Crippen LogP contribution in [0, 0.1) is 19.8 Å². The number of aliphatic carboxylic acids is 1. The Labute approximate surface area is 153 Å². The Kier molecular flexibility index (Phi) is 5.26. The molecule has 26 heavy (non-hydrogen) atoms. The van der Waals surface area contributed by atoms with Crippen LogP contribution in [0.25, 0.3) is 11.0 Å². The maximum absolute atomic E-state index is 11.2. The molecule has 0 spiro atoms. The van der Waals surface area contributed by atoms with Gasteiger partial charge >= 0.3 is 5.97 Å². The van der Waals surface area contributed by atoms with Gasteiger partial charge in [-0.05, 0) is 44.0 Å². The molecule has 0 aliphatic carbocycles. The quantitative estimate of drug-likeness (QED) is 0.687. The Balaban J connectivity index is 1.87. The number of carboxylic acids is 1. The van der Waals surface area contributed by atoms with Gasteiger partial charge in [0.15, 0.2) is 0 Å². The molecule has 1 heterocycles. The topological polar surface area (TPSA) is 64.4 Å². The molecule has 1 unspecified atom stereocenters. The fourth-order valence-electron chi connectivity index (χ4n) is 2.92. The summed E-state index contributed by atoms with van der Waals surface area (Å²) in [5, 5.41) is 9.16.